The Balaban J connectivity index is 1.79. The SMILES string of the molecule is O=[N+]([O-])c1cc(CN2C3CCC2CC(O)C3)ccc1Cl. The summed E-state index contributed by atoms with van der Waals surface area (Å²) in [6.07, 6.45) is 3.65. The molecule has 3 rings (SSSR count). The summed E-state index contributed by atoms with van der Waals surface area (Å²) >= 11 is 5.83. The van der Waals surface area contributed by atoms with Crippen molar-refractivity contribution in [3.8, 4) is 0 Å². The first-order valence-corrected chi connectivity index (χ1v) is 7.29. The van der Waals surface area contributed by atoms with E-state index in [2.05, 4.69) is 4.90 Å². The third-order valence-electron chi connectivity index (χ3n) is 4.43. The summed E-state index contributed by atoms with van der Waals surface area (Å²) in [5.74, 6) is 0. The van der Waals surface area contributed by atoms with Gasteiger partial charge in [0.15, 0.2) is 0 Å². The highest BCUT2D eigenvalue weighted by Crippen LogP contribution is 2.37. The molecular formula is C14H17ClN2O3. The Hall–Kier alpha value is -1.17. The Bertz CT molecular complexity index is 523. The minimum Gasteiger partial charge on any atom is -0.393 e. The molecule has 108 valence electrons. The summed E-state index contributed by atoms with van der Waals surface area (Å²) in [4.78, 5) is 12.9. The number of aliphatic hydroxyl groups excluding tert-OH is 1. The Morgan fingerprint density at radius 2 is 2.00 bits per heavy atom. The maximum absolute atomic E-state index is 10.9. The molecule has 0 spiro atoms. The number of nitro groups is 1. The molecule has 5 nitrogen and oxygen atoms in total. The molecule has 2 aliphatic rings. The van der Waals surface area contributed by atoms with E-state index in [1.807, 2.05) is 6.07 Å². The van der Waals surface area contributed by atoms with Crippen LogP contribution in [0.4, 0.5) is 5.69 Å². The smallest absolute Gasteiger partial charge is 0.288 e. The van der Waals surface area contributed by atoms with Crippen molar-refractivity contribution < 1.29 is 10.0 Å². The predicted molar refractivity (Wildman–Crippen MR) is 75.7 cm³/mol. The summed E-state index contributed by atoms with van der Waals surface area (Å²) in [7, 11) is 0. The predicted octanol–water partition coefficient (Wildman–Crippen LogP) is 2.74. The van der Waals surface area contributed by atoms with Crippen LogP contribution in [0.3, 0.4) is 0 Å². The van der Waals surface area contributed by atoms with Crippen molar-refractivity contribution in [1.82, 2.24) is 4.90 Å². The van der Waals surface area contributed by atoms with Crippen LogP contribution < -0.4 is 0 Å². The molecule has 2 heterocycles. The molecule has 2 bridgehead atoms. The Labute approximate surface area is 122 Å². The van der Waals surface area contributed by atoms with Crippen molar-refractivity contribution >= 4 is 17.3 Å². The van der Waals surface area contributed by atoms with Crippen LogP contribution in [0.1, 0.15) is 31.2 Å². The van der Waals surface area contributed by atoms with E-state index in [4.69, 9.17) is 11.6 Å². The first-order chi connectivity index (χ1) is 9.54. The summed E-state index contributed by atoms with van der Waals surface area (Å²) in [6, 6.07) is 5.81. The highest BCUT2D eigenvalue weighted by Gasteiger charge is 2.39. The fourth-order valence-electron chi connectivity index (χ4n) is 3.51. The van der Waals surface area contributed by atoms with Gasteiger partial charge in [0.05, 0.1) is 11.0 Å². The number of rotatable bonds is 3. The van der Waals surface area contributed by atoms with Crippen molar-refractivity contribution in [3.05, 3.63) is 38.9 Å². The molecule has 2 atom stereocenters. The number of aliphatic hydroxyl groups is 1. The standard InChI is InChI=1S/C14H17ClN2O3/c15-13-4-1-9(5-14(13)17(19)20)8-16-10-2-3-11(16)7-12(18)6-10/h1,4-5,10-12,18H,2-3,6-8H2. The van der Waals surface area contributed by atoms with Crippen molar-refractivity contribution in [2.45, 2.75) is 50.4 Å². The van der Waals surface area contributed by atoms with E-state index >= 15 is 0 Å². The summed E-state index contributed by atoms with van der Waals surface area (Å²) in [5, 5.41) is 20.9. The maximum Gasteiger partial charge on any atom is 0.288 e. The van der Waals surface area contributed by atoms with Crippen LogP contribution in [-0.4, -0.2) is 33.1 Å². The molecule has 0 aromatic heterocycles. The molecule has 0 radical (unpaired) electrons. The molecule has 0 amide bonds. The van der Waals surface area contributed by atoms with Gasteiger partial charge in [-0.05, 0) is 37.3 Å². The van der Waals surface area contributed by atoms with Crippen molar-refractivity contribution in [3.63, 3.8) is 0 Å². The van der Waals surface area contributed by atoms with E-state index in [0.29, 0.717) is 18.6 Å². The topological polar surface area (TPSA) is 66.6 Å². The van der Waals surface area contributed by atoms with Gasteiger partial charge in [-0.25, -0.2) is 0 Å². The van der Waals surface area contributed by atoms with Gasteiger partial charge in [0.1, 0.15) is 5.02 Å². The zero-order valence-corrected chi connectivity index (χ0v) is 11.8. The zero-order valence-electron chi connectivity index (χ0n) is 11.0. The van der Waals surface area contributed by atoms with Crippen molar-refractivity contribution in [2.24, 2.45) is 0 Å². The van der Waals surface area contributed by atoms with Gasteiger partial charge in [0.25, 0.3) is 5.69 Å². The lowest BCUT2D eigenvalue weighted by atomic mass is 9.99. The average molecular weight is 297 g/mol. The molecule has 1 N–H and O–H groups in total. The number of benzene rings is 1. The molecule has 2 fully saturated rings. The van der Waals surface area contributed by atoms with Crippen LogP contribution in [0.15, 0.2) is 18.2 Å². The van der Waals surface area contributed by atoms with E-state index in [-0.39, 0.29) is 16.8 Å². The number of nitrogens with zero attached hydrogens (tertiary/aromatic N) is 2. The maximum atomic E-state index is 10.9. The van der Waals surface area contributed by atoms with Crippen LogP contribution in [-0.2, 0) is 6.54 Å². The van der Waals surface area contributed by atoms with Gasteiger partial charge in [-0.15, -0.1) is 0 Å². The van der Waals surface area contributed by atoms with Gasteiger partial charge in [0.2, 0.25) is 0 Å². The minimum absolute atomic E-state index is 0.0337. The monoisotopic (exact) mass is 296 g/mol. The van der Waals surface area contributed by atoms with Crippen LogP contribution in [0.2, 0.25) is 5.02 Å². The van der Waals surface area contributed by atoms with Gasteiger partial charge in [0, 0.05) is 24.7 Å². The van der Waals surface area contributed by atoms with Gasteiger partial charge >= 0.3 is 0 Å². The molecule has 0 saturated carbocycles. The van der Waals surface area contributed by atoms with Crippen molar-refractivity contribution in [2.75, 3.05) is 0 Å². The van der Waals surface area contributed by atoms with E-state index in [1.54, 1.807) is 12.1 Å². The normalized spacial score (nSPS) is 29.6. The van der Waals surface area contributed by atoms with Crippen molar-refractivity contribution in [1.29, 1.82) is 0 Å². The van der Waals surface area contributed by atoms with E-state index in [9.17, 15) is 15.2 Å². The van der Waals surface area contributed by atoms with E-state index < -0.39 is 4.92 Å². The molecule has 1 aromatic carbocycles. The van der Waals surface area contributed by atoms with Crippen LogP contribution >= 0.6 is 11.6 Å². The quantitative estimate of drug-likeness (QED) is 0.688. The highest BCUT2D eigenvalue weighted by molar-refractivity contribution is 6.32. The average Bonchev–Trinajstić information content (AvgIpc) is 2.63. The van der Waals surface area contributed by atoms with Crippen LogP contribution in [0, 0.1) is 10.1 Å². The van der Waals surface area contributed by atoms with Gasteiger partial charge in [-0.1, -0.05) is 17.7 Å². The largest absolute Gasteiger partial charge is 0.393 e. The van der Waals surface area contributed by atoms with Gasteiger partial charge in [-0.2, -0.15) is 0 Å². The second kappa shape index (κ2) is 5.31. The second-order valence-electron chi connectivity index (χ2n) is 5.73. The lowest BCUT2D eigenvalue weighted by Crippen LogP contribution is -2.44. The first kappa shape index (κ1) is 13.8. The molecule has 1 aromatic rings. The second-order valence-corrected chi connectivity index (χ2v) is 6.13. The summed E-state index contributed by atoms with van der Waals surface area (Å²) < 4.78 is 0. The number of hydrogen-bond donors (Lipinski definition) is 1. The minimum atomic E-state index is -0.444. The Kier molecular flexibility index (Phi) is 3.67. The lowest BCUT2D eigenvalue weighted by molar-refractivity contribution is -0.384. The molecule has 2 saturated heterocycles. The third-order valence-corrected chi connectivity index (χ3v) is 4.75. The van der Waals surface area contributed by atoms with E-state index in [0.717, 1.165) is 31.2 Å². The van der Waals surface area contributed by atoms with Crippen LogP contribution in [0.25, 0.3) is 0 Å². The molecule has 20 heavy (non-hydrogen) atoms. The van der Waals surface area contributed by atoms with Gasteiger partial charge < -0.3 is 5.11 Å². The fourth-order valence-corrected chi connectivity index (χ4v) is 3.70. The number of nitro benzene ring substituents is 1. The highest BCUT2D eigenvalue weighted by atomic mass is 35.5. The Morgan fingerprint density at radius 3 is 2.60 bits per heavy atom. The summed E-state index contributed by atoms with van der Waals surface area (Å²) in [6.45, 7) is 0.695. The van der Waals surface area contributed by atoms with Crippen LogP contribution in [0.5, 0.6) is 0 Å². The molecular weight excluding hydrogens is 280 g/mol. The summed E-state index contributed by atoms with van der Waals surface area (Å²) in [5.41, 5.74) is 0.878. The molecule has 2 unspecified atom stereocenters. The van der Waals surface area contributed by atoms with Gasteiger partial charge in [-0.3, -0.25) is 15.0 Å². The third kappa shape index (κ3) is 2.53. The number of hydrogen-bond acceptors (Lipinski definition) is 4. The lowest BCUT2D eigenvalue weighted by Gasteiger charge is -2.37. The molecule has 0 aliphatic carbocycles. The molecule has 6 heteroatoms. The first-order valence-electron chi connectivity index (χ1n) is 6.91. The number of halogens is 1. The number of piperidine rings is 1. The fraction of sp³-hybridized carbons (Fsp3) is 0.571. The number of fused-ring (bicyclic) bond motifs is 2. The Morgan fingerprint density at radius 1 is 1.35 bits per heavy atom. The van der Waals surface area contributed by atoms with E-state index in [1.165, 1.54) is 0 Å². The molecule has 2 aliphatic heterocycles. The zero-order chi connectivity index (χ0) is 14.3.